The quantitative estimate of drug-likeness (QED) is 0.291. The van der Waals surface area contributed by atoms with Crippen LogP contribution in [-0.4, -0.2) is 28.3 Å². The molecule has 2 heterocycles. The maximum absolute atomic E-state index is 13.6. The monoisotopic (exact) mass is 490 g/mol. The predicted octanol–water partition coefficient (Wildman–Crippen LogP) is 4.93. The Morgan fingerprint density at radius 3 is 2.79 bits per heavy atom. The smallest absolute Gasteiger partial charge is 0.267 e. The van der Waals surface area contributed by atoms with Crippen LogP contribution in [0.25, 0.3) is 15.9 Å². The van der Waals surface area contributed by atoms with Crippen LogP contribution in [0, 0.1) is 18.3 Å². The molecule has 0 fully saturated rings. The van der Waals surface area contributed by atoms with Gasteiger partial charge in [0, 0.05) is 16.6 Å². The fourth-order valence-corrected chi connectivity index (χ4v) is 5.59. The first-order valence-electron chi connectivity index (χ1n) is 10.6. The maximum atomic E-state index is 13.6. The predicted molar refractivity (Wildman–Crippen MR) is 136 cm³/mol. The van der Waals surface area contributed by atoms with E-state index in [9.17, 15) is 9.59 Å². The van der Waals surface area contributed by atoms with E-state index < -0.39 is 0 Å². The summed E-state index contributed by atoms with van der Waals surface area (Å²) in [5.41, 5.74) is 2.40. The topological polar surface area (TPSA) is 97.0 Å². The van der Waals surface area contributed by atoms with Crippen LogP contribution in [0.1, 0.15) is 22.9 Å². The summed E-state index contributed by atoms with van der Waals surface area (Å²) >= 11 is 2.70. The number of methoxy groups -OCH3 is 1. The third-order valence-corrected chi connectivity index (χ3v) is 7.54. The number of thioether (sulfide) groups is 1. The summed E-state index contributed by atoms with van der Waals surface area (Å²) < 4.78 is 6.88. The third-order valence-electron chi connectivity index (χ3n) is 5.27. The number of carbonyl (C=O) groups excluding carboxylic acids is 1. The molecule has 0 radical (unpaired) electrons. The largest absolute Gasteiger partial charge is 0.497 e. The second kappa shape index (κ2) is 10.1. The maximum Gasteiger partial charge on any atom is 0.267 e. The van der Waals surface area contributed by atoms with Crippen molar-refractivity contribution in [1.29, 1.82) is 5.26 Å². The van der Waals surface area contributed by atoms with E-state index in [1.807, 2.05) is 19.1 Å². The SMILES string of the molecule is CCc1sc2nc(SCC(=O)Nc3cccc(C#N)c3)n(-c3cccc(OC)c3)c(=O)c2c1C. The van der Waals surface area contributed by atoms with Gasteiger partial charge in [-0.05, 0) is 49.2 Å². The number of fused-ring (bicyclic) bond motifs is 1. The van der Waals surface area contributed by atoms with Crippen molar-refractivity contribution >= 4 is 44.9 Å². The zero-order valence-electron chi connectivity index (χ0n) is 18.9. The van der Waals surface area contributed by atoms with Crippen LogP contribution in [0.3, 0.4) is 0 Å². The molecular formula is C25H22N4O3S2. The third kappa shape index (κ3) is 4.69. The molecule has 34 heavy (non-hydrogen) atoms. The number of hydrogen-bond donors (Lipinski definition) is 1. The number of aryl methyl sites for hydroxylation is 2. The first-order chi connectivity index (χ1) is 16.4. The summed E-state index contributed by atoms with van der Waals surface area (Å²) in [6.07, 6.45) is 0.818. The highest BCUT2D eigenvalue weighted by atomic mass is 32.2. The van der Waals surface area contributed by atoms with E-state index in [2.05, 4.69) is 18.3 Å². The molecule has 0 saturated carbocycles. The molecule has 1 amide bonds. The second-order valence-corrected chi connectivity index (χ2v) is 9.48. The summed E-state index contributed by atoms with van der Waals surface area (Å²) in [6.45, 7) is 4.01. The van der Waals surface area contributed by atoms with E-state index >= 15 is 0 Å². The first-order valence-corrected chi connectivity index (χ1v) is 12.4. The molecule has 1 N–H and O–H groups in total. The Balaban J connectivity index is 1.72. The van der Waals surface area contributed by atoms with E-state index in [0.717, 1.165) is 16.9 Å². The van der Waals surface area contributed by atoms with Crippen LogP contribution in [0.5, 0.6) is 5.75 Å². The molecule has 172 valence electrons. The van der Waals surface area contributed by atoms with Crippen LogP contribution in [0.4, 0.5) is 5.69 Å². The lowest BCUT2D eigenvalue weighted by Crippen LogP contribution is -2.23. The van der Waals surface area contributed by atoms with Gasteiger partial charge in [0.25, 0.3) is 5.56 Å². The van der Waals surface area contributed by atoms with Crippen molar-refractivity contribution in [2.75, 3.05) is 18.2 Å². The van der Waals surface area contributed by atoms with Gasteiger partial charge in [0.15, 0.2) is 5.16 Å². The normalized spacial score (nSPS) is 10.8. The molecule has 0 bridgehead atoms. The van der Waals surface area contributed by atoms with Crippen LogP contribution in [0.15, 0.2) is 58.5 Å². The molecule has 0 saturated heterocycles. The van der Waals surface area contributed by atoms with Crippen molar-refractivity contribution in [1.82, 2.24) is 9.55 Å². The number of anilines is 1. The van der Waals surface area contributed by atoms with Gasteiger partial charge in [-0.1, -0.05) is 30.8 Å². The molecule has 9 heteroatoms. The summed E-state index contributed by atoms with van der Waals surface area (Å²) in [6, 6.07) is 16.0. The number of aromatic nitrogens is 2. The summed E-state index contributed by atoms with van der Waals surface area (Å²) in [5.74, 6) is 0.402. The van der Waals surface area contributed by atoms with Crippen LogP contribution in [0.2, 0.25) is 0 Å². The van der Waals surface area contributed by atoms with Crippen molar-refractivity contribution in [3.8, 4) is 17.5 Å². The molecular weight excluding hydrogens is 468 g/mol. The Morgan fingerprint density at radius 2 is 2.06 bits per heavy atom. The van der Waals surface area contributed by atoms with E-state index in [-0.39, 0.29) is 17.2 Å². The van der Waals surface area contributed by atoms with Gasteiger partial charge in [0.1, 0.15) is 10.6 Å². The van der Waals surface area contributed by atoms with E-state index in [0.29, 0.717) is 38.1 Å². The lowest BCUT2D eigenvalue weighted by atomic mass is 10.2. The molecule has 0 aliphatic carbocycles. The lowest BCUT2D eigenvalue weighted by molar-refractivity contribution is -0.113. The molecule has 0 aliphatic rings. The van der Waals surface area contributed by atoms with Gasteiger partial charge in [-0.15, -0.1) is 11.3 Å². The van der Waals surface area contributed by atoms with Crippen molar-refractivity contribution in [3.63, 3.8) is 0 Å². The number of nitriles is 1. The molecule has 4 aromatic rings. The Bertz CT molecular complexity index is 1480. The first kappa shape index (κ1) is 23.5. The highest BCUT2D eigenvalue weighted by Gasteiger charge is 2.20. The molecule has 2 aromatic heterocycles. The average Bonchev–Trinajstić information content (AvgIpc) is 3.18. The second-order valence-electron chi connectivity index (χ2n) is 7.45. The Labute approximate surface area is 205 Å². The number of amides is 1. The number of thiophene rings is 1. The van der Waals surface area contributed by atoms with Crippen LogP contribution < -0.4 is 15.6 Å². The zero-order valence-corrected chi connectivity index (χ0v) is 20.5. The van der Waals surface area contributed by atoms with Gasteiger partial charge < -0.3 is 10.1 Å². The molecule has 0 unspecified atom stereocenters. The standard InChI is InChI=1S/C25H22N4O3S2/c1-4-20-15(2)22-23(34-20)28-25(29(24(22)31)18-9-6-10-19(12-18)32-3)33-14-21(30)27-17-8-5-7-16(11-17)13-26/h5-12H,4,14H2,1-3H3,(H,27,30). The van der Waals surface area contributed by atoms with Crippen molar-refractivity contribution in [2.45, 2.75) is 25.4 Å². The molecule has 4 rings (SSSR count). The number of hydrogen-bond acceptors (Lipinski definition) is 7. The van der Waals surface area contributed by atoms with Crippen LogP contribution in [-0.2, 0) is 11.2 Å². The fourth-order valence-electron chi connectivity index (χ4n) is 3.62. The van der Waals surface area contributed by atoms with Gasteiger partial charge in [-0.3, -0.25) is 14.2 Å². The van der Waals surface area contributed by atoms with Crippen molar-refractivity contribution in [2.24, 2.45) is 0 Å². The number of benzene rings is 2. The van der Waals surface area contributed by atoms with Gasteiger partial charge >= 0.3 is 0 Å². The van der Waals surface area contributed by atoms with E-state index in [1.54, 1.807) is 43.5 Å². The van der Waals surface area contributed by atoms with Crippen molar-refractivity contribution in [3.05, 3.63) is 74.9 Å². The fraction of sp³-hybridized carbons (Fsp3) is 0.200. The molecule has 0 spiro atoms. The van der Waals surface area contributed by atoms with Gasteiger partial charge in [-0.2, -0.15) is 5.26 Å². The lowest BCUT2D eigenvalue weighted by Gasteiger charge is -2.13. The number of nitrogens with zero attached hydrogens (tertiary/aromatic N) is 3. The molecule has 0 atom stereocenters. The van der Waals surface area contributed by atoms with E-state index in [4.69, 9.17) is 15.0 Å². The highest BCUT2D eigenvalue weighted by Crippen LogP contribution is 2.31. The van der Waals surface area contributed by atoms with Gasteiger partial charge in [0.05, 0.1) is 35.6 Å². The number of carbonyl (C=O) groups is 1. The minimum Gasteiger partial charge on any atom is -0.497 e. The molecule has 7 nitrogen and oxygen atoms in total. The summed E-state index contributed by atoms with van der Waals surface area (Å²) in [5, 5.41) is 12.9. The zero-order chi connectivity index (χ0) is 24.2. The van der Waals surface area contributed by atoms with Gasteiger partial charge in [0.2, 0.25) is 5.91 Å². The van der Waals surface area contributed by atoms with Crippen molar-refractivity contribution < 1.29 is 9.53 Å². The average molecular weight is 491 g/mol. The van der Waals surface area contributed by atoms with Gasteiger partial charge in [-0.25, -0.2) is 4.98 Å². The Kier molecular flexibility index (Phi) is 7.01. The van der Waals surface area contributed by atoms with Crippen LogP contribution >= 0.6 is 23.1 Å². The summed E-state index contributed by atoms with van der Waals surface area (Å²) in [4.78, 5) is 32.9. The minimum absolute atomic E-state index is 0.0453. The number of nitrogens with one attached hydrogen (secondary N) is 1. The minimum atomic E-state index is -0.261. The van der Waals surface area contributed by atoms with E-state index in [1.165, 1.54) is 27.7 Å². The summed E-state index contributed by atoms with van der Waals surface area (Å²) in [7, 11) is 1.57. The number of rotatable bonds is 7. The Morgan fingerprint density at radius 1 is 1.26 bits per heavy atom. The molecule has 0 aliphatic heterocycles. The number of ether oxygens (including phenoxy) is 1. The highest BCUT2D eigenvalue weighted by molar-refractivity contribution is 7.99. The molecule has 2 aromatic carbocycles. The Hall–Kier alpha value is -3.61.